The minimum absolute atomic E-state index is 0.0337. The molecule has 7 heteroatoms. The average Bonchev–Trinajstić information content (AvgIpc) is 3.16. The molecule has 1 aromatic rings. The van der Waals surface area contributed by atoms with Crippen molar-refractivity contribution >= 4 is 17.7 Å². The summed E-state index contributed by atoms with van der Waals surface area (Å²) in [6.07, 6.45) is 2.44. The SMILES string of the molecule is CC(=O)c1ccc(OCCCN2CCCC2N2C(=O)N[C@@H](C)C2=O)cc1. The molecule has 140 valence electrons. The van der Waals surface area contributed by atoms with E-state index in [1.807, 2.05) is 0 Å². The number of nitrogens with zero attached hydrogens (tertiary/aromatic N) is 2. The molecule has 0 bridgehead atoms. The predicted octanol–water partition coefficient (Wildman–Crippen LogP) is 2.02. The molecule has 2 heterocycles. The lowest BCUT2D eigenvalue weighted by atomic mass is 10.1. The van der Waals surface area contributed by atoms with Gasteiger partial charge in [-0.2, -0.15) is 0 Å². The van der Waals surface area contributed by atoms with Gasteiger partial charge in [-0.05, 0) is 57.4 Å². The molecule has 26 heavy (non-hydrogen) atoms. The minimum atomic E-state index is -0.439. The molecule has 3 rings (SSSR count). The van der Waals surface area contributed by atoms with Crippen LogP contribution in [0.3, 0.4) is 0 Å². The number of nitrogens with one attached hydrogen (secondary N) is 1. The third-order valence-electron chi connectivity index (χ3n) is 4.91. The molecule has 2 aliphatic rings. The van der Waals surface area contributed by atoms with Crippen LogP contribution >= 0.6 is 0 Å². The van der Waals surface area contributed by atoms with E-state index in [4.69, 9.17) is 4.74 Å². The Hall–Kier alpha value is -2.41. The van der Waals surface area contributed by atoms with Gasteiger partial charge in [-0.25, -0.2) is 9.69 Å². The summed E-state index contributed by atoms with van der Waals surface area (Å²) in [5.41, 5.74) is 0.667. The highest BCUT2D eigenvalue weighted by Crippen LogP contribution is 2.24. The van der Waals surface area contributed by atoms with Crippen molar-refractivity contribution in [2.45, 2.75) is 45.3 Å². The summed E-state index contributed by atoms with van der Waals surface area (Å²) in [5.74, 6) is 0.621. The first-order chi connectivity index (χ1) is 12.5. The number of carbonyl (C=O) groups is 3. The van der Waals surface area contributed by atoms with Crippen molar-refractivity contribution in [3.05, 3.63) is 29.8 Å². The first kappa shape index (κ1) is 18.4. The minimum Gasteiger partial charge on any atom is -0.494 e. The van der Waals surface area contributed by atoms with Crippen LogP contribution in [0.1, 0.15) is 43.5 Å². The zero-order chi connectivity index (χ0) is 18.7. The Labute approximate surface area is 153 Å². The van der Waals surface area contributed by atoms with Crippen molar-refractivity contribution in [3.8, 4) is 5.75 Å². The molecule has 0 radical (unpaired) electrons. The summed E-state index contributed by atoms with van der Waals surface area (Å²) < 4.78 is 5.72. The van der Waals surface area contributed by atoms with Gasteiger partial charge in [0.05, 0.1) is 12.8 Å². The standard InChI is InChI=1S/C19H25N3O4/c1-13-18(24)22(19(25)20-13)17-5-3-10-21(17)11-4-12-26-16-8-6-15(7-9-16)14(2)23/h6-9,13,17H,3-5,10-12H2,1-2H3,(H,20,25)/t13-,17?/m0/s1. The van der Waals surface area contributed by atoms with Crippen LogP contribution in [0, 0.1) is 0 Å². The van der Waals surface area contributed by atoms with E-state index in [9.17, 15) is 14.4 Å². The van der Waals surface area contributed by atoms with Crippen LogP contribution < -0.4 is 10.1 Å². The lowest BCUT2D eigenvalue weighted by Gasteiger charge is -2.30. The molecule has 0 aliphatic carbocycles. The molecule has 7 nitrogen and oxygen atoms in total. The van der Waals surface area contributed by atoms with Crippen molar-refractivity contribution in [2.24, 2.45) is 0 Å². The van der Waals surface area contributed by atoms with Crippen molar-refractivity contribution in [3.63, 3.8) is 0 Å². The number of hydrogen-bond acceptors (Lipinski definition) is 5. The highest BCUT2D eigenvalue weighted by Gasteiger charge is 2.43. The first-order valence-corrected chi connectivity index (χ1v) is 9.09. The Bertz CT molecular complexity index is 689. The van der Waals surface area contributed by atoms with E-state index in [1.54, 1.807) is 31.2 Å². The molecule has 1 aromatic carbocycles. The molecule has 2 fully saturated rings. The van der Waals surface area contributed by atoms with Gasteiger partial charge >= 0.3 is 6.03 Å². The third-order valence-corrected chi connectivity index (χ3v) is 4.91. The molecule has 0 saturated carbocycles. The molecule has 1 unspecified atom stereocenters. The number of ketones is 1. The quantitative estimate of drug-likeness (QED) is 0.458. The summed E-state index contributed by atoms with van der Waals surface area (Å²) in [5, 5.41) is 2.68. The second kappa shape index (κ2) is 7.86. The number of benzene rings is 1. The van der Waals surface area contributed by atoms with E-state index < -0.39 is 6.04 Å². The van der Waals surface area contributed by atoms with Crippen LogP contribution in [0.15, 0.2) is 24.3 Å². The number of Topliss-reactive ketones (excluding diaryl/α,β-unsaturated/α-hetero) is 1. The number of carbonyl (C=O) groups excluding carboxylic acids is 3. The summed E-state index contributed by atoms with van der Waals surface area (Å²) in [6, 6.07) is 6.38. The number of urea groups is 1. The fourth-order valence-corrected chi connectivity index (χ4v) is 3.51. The molecule has 0 spiro atoms. The van der Waals surface area contributed by atoms with Gasteiger partial charge in [0.15, 0.2) is 5.78 Å². The first-order valence-electron chi connectivity index (χ1n) is 9.09. The Morgan fingerprint density at radius 2 is 2.00 bits per heavy atom. The average molecular weight is 359 g/mol. The van der Waals surface area contributed by atoms with E-state index in [1.165, 1.54) is 11.8 Å². The van der Waals surface area contributed by atoms with Gasteiger partial charge in [-0.1, -0.05) is 0 Å². The second-order valence-electron chi connectivity index (χ2n) is 6.82. The number of rotatable bonds is 7. The molecular formula is C19H25N3O4. The molecule has 2 aliphatic heterocycles. The highest BCUT2D eigenvalue weighted by molar-refractivity contribution is 6.04. The Morgan fingerprint density at radius 3 is 2.62 bits per heavy atom. The van der Waals surface area contributed by atoms with Gasteiger partial charge < -0.3 is 10.1 Å². The fraction of sp³-hybridized carbons (Fsp3) is 0.526. The van der Waals surface area contributed by atoms with Crippen LogP contribution in [-0.4, -0.2) is 59.4 Å². The molecule has 2 atom stereocenters. The molecule has 3 amide bonds. The van der Waals surface area contributed by atoms with Gasteiger partial charge in [-0.15, -0.1) is 0 Å². The number of ether oxygens (including phenoxy) is 1. The highest BCUT2D eigenvalue weighted by atomic mass is 16.5. The maximum absolute atomic E-state index is 12.2. The van der Waals surface area contributed by atoms with Crippen LogP contribution in [0.2, 0.25) is 0 Å². The predicted molar refractivity (Wildman–Crippen MR) is 96.0 cm³/mol. The summed E-state index contributed by atoms with van der Waals surface area (Å²) >= 11 is 0. The molecule has 0 aromatic heterocycles. The van der Waals surface area contributed by atoms with Gasteiger partial charge in [0.1, 0.15) is 11.8 Å². The maximum Gasteiger partial charge on any atom is 0.326 e. The Balaban J connectivity index is 1.47. The molecular weight excluding hydrogens is 334 g/mol. The number of likely N-dealkylation sites (tertiary alicyclic amines) is 1. The van der Waals surface area contributed by atoms with Crippen LogP contribution in [0.25, 0.3) is 0 Å². The van der Waals surface area contributed by atoms with Crippen LogP contribution in [0.4, 0.5) is 4.79 Å². The zero-order valence-corrected chi connectivity index (χ0v) is 15.2. The van der Waals surface area contributed by atoms with Gasteiger partial charge in [-0.3, -0.25) is 14.5 Å². The summed E-state index contributed by atoms with van der Waals surface area (Å²) in [4.78, 5) is 39.1. The smallest absolute Gasteiger partial charge is 0.326 e. The van der Waals surface area contributed by atoms with E-state index in [-0.39, 0.29) is 23.9 Å². The zero-order valence-electron chi connectivity index (χ0n) is 15.2. The molecule has 1 N–H and O–H groups in total. The maximum atomic E-state index is 12.2. The van der Waals surface area contributed by atoms with Crippen molar-refractivity contribution in [2.75, 3.05) is 19.7 Å². The van der Waals surface area contributed by atoms with Gasteiger partial charge in [0.2, 0.25) is 0 Å². The second-order valence-corrected chi connectivity index (χ2v) is 6.82. The third kappa shape index (κ3) is 3.88. The van der Waals surface area contributed by atoms with Crippen LogP contribution in [-0.2, 0) is 4.79 Å². The summed E-state index contributed by atoms with van der Waals surface area (Å²) in [6.45, 7) is 5.43. The van der Waals surface area contributed by atoms with E-state index in [2.05, 4.69) is 10.2 Å². The number of imide groups is 1. The Kier molecular flexibility index (Phi) is 5.56. The Morgan fingerprint density at radius 1 is 1.27 bits per heavy atom. The number of amides is 3. The van der Waals surface area contributed by atoms with Gasteiger partial charge in [0.25, 0.3) is 5.91 Å². The van der Waals surface area contributed by atoms with Crippen molar-refractivity contribution in [1.82, 2.24) is 15.1 Å². The lowest BCUT2D eigenvalue weighted by Crippen LogP contribution is -2.48. The summed E-state index contributed by atoms with van der Waals surface area (Å²) in [7, 11) is 0. The fourth-order valence-electron chi connectivity index (χ4n) is 3.51. The number of hydrogen-bond donors (Lipinski definition) is 1. The van der Waals surface area contributed by atoms with Gasteiger partial charge in [0, 0.05) is 18.7 Å². The molecule has 2 saturated heterocycles. The van der Waals surface area contributed by atoms with E-state index >= 15 is 0 Å². The van der Waals surface area contributed by atoms with Crippen molar-refractivity contribution in [1.29, 1.82) is 0 Å². The topological polar surface area (TPSA) is 79.0 Å². The lowest BCUT2D eigenvalue weighted by molar-refractivity contribution is -0.130. The normalized spacial score (nSPS) is 23.4. The van der Waals surface area contributed by atoms with Crippen LogP contribution in [0.5, 0.6) is 5.75 Å². The largest absolute Gasteiger partial charge is 0.494 e. The monoisotopic (exact) mass is 359 g/mol. The van der Waals surface area contributed by atoms with E-state index in [0.717, 1.165) is 38.1 Å². The van der Waals surface area contributed by atoms with Crippen molar-refractivity contribution < 1.29 is 19.1 Å². The van der Waals surface area contributed by atoms with E-state index in [0.29, 0.717) is 12.2 Å².